The summed E-state index contributed by atoms with van der Waals surface area (Å²) >= 11 is 0. The lowest BCUT2D eigenvalue weighted by molar-refractivity contribution is 0.0455. The van der Waals surface area contributed by atoms with Crippen molar-refractivity contribution in [1.29, 1.82) is 0 Å². The summed E-state index contributed by atoms with van der Waals surface area (Å²) in [5.74, 6) is 0. The van der Waals surface area contributed by atoms with Gasteiger partial charge < -0.3 is 5.11 Å². The van der Waals surface area contributed by atoms with Gasteiger partial charge in [0.15, 0.2) is 0 Å². The zero-order valence-corrected chi connectivity index (χ0v) is 6.70. The van der Waals surface area contributed by atoms with Crippen LogP contribution in [0.25, 0.3) is 6.08 Å². The maximum absolute atomic E-state index is 9.75. The molecule has 0 amide bonds. The van der Waals surface area contributed by atoms with Crippen LogP contribution in [0.5, 0.6) is 0 Å². The second-order valence-corrected chi connectivity index (χ2v) is 3.12. The molecule has 0 bridgehead atoms. The van der Waals surface area contributed by atoms with Crippen molar-refractivity contribution in [3.8, 4) is 0 Å². The molecule has 0 saturated carbocycles. The summed E-state index contributed by atoms with van der Waals surface area (Å²) < 4.78 is 0. The highest BCUT2D eigenvalue weighted by molar-refractivity contribution is 5.58. The predicted octanol–water partition coefficient (Wildman–Crippen LogP) is 1.21. The van der Waals surface area contributed by atoms with E-state index in [4.69, 9.17) is 5.73 Å². The summed E-state index contributed by atoms with van der Waals surface area (Å²) in [4.78, 5) is 0. The molecular formula is C10H11NO. The van der Waals surface area contributed by atoms with Crippen LogP contribution in [0.1, 0.15) is 17.5 Å². The fourth-order valence-electron chi connectivity index (χ4n) is 1.51. The zero-order chi connectivity index (χ0) is 8.60. The van der Waals surface area contributed by atoms with Crippen molar-refractivity contribution < 1.29 is 5.11 Å². The van der Waals surface area contributed by atoms with Crippen molar-refractivity contribution in [2.45, 2.75) is 12.1 Å². The fraction of sp³-hybridized carbons (Fsp3) is 0.200. The van der Waals surface area contributed by atoms with Crippen LogP contribution in [0, 0.1) is 0 Å². The van der Waals surface area contributed by atoms with E-state index in [0.717, 1.165) is 11.1 Å². The smallest absolute Gasteiger partial charge is 0.143 e. The van der Waals surface area contributed by atoms with Crippen LogP contribution in [0.2, 0.25) is 0 Å². The monoisotopic (exact) mass is 161 g/mol. The molecule has 2 nitrogen and oxygen atoms in total. The van der Waals surface area contributed by atoms with E-state index in [0.29, 0.717) is 6.42 Å². The van der Waals surface area contributed by atoms with E-state index in [9.17, 15) is 5.11 Å². The number of hydrogen-bond acceptors (Lipinski definition) is 2. The average Bonchev–Trinajstić information content (AvgIpc) is 2.04. The number of fused-ring (bicyclic) bond motifs is 1. The van der Waals surface area contributed by atoms with Gasteiger partial charge in [0.05, 0.1) is 0 Å². The zero-order valence-electron chi connectivity index (χ0n) is 6.70. The van der Waals surface area contributed by atoms with Gasteiger partial charge >= 0.3 is 0 Å². The maximum Gasteiger partial charge on any atom is 0.143 e. The molecule has 1 atom stereocenters. The van der Waals surface area contributed by atoms with Gasteiger partial charge in [-0.05, 0) is 5.56 Å². The first-order valence-corrected chi connectivity index (χ1v) is 3.97. The highest BCUT2D eigenvalue weighted by Crippen LogP contribution is 2.28. The van der Waals surface area contributed by atoms with Gasteiger partial charge in [-0.3, -0.25) is 5.73 Å². The van der Waals surface area contributed by atoms with Gasteiger partial charge in [-0.2, -0.15) is 0 Å². The van der Waals surface area contributed by atoms with Crippen molar-refractivity contribution in [2.24, 2.45) is 5.73 Å². The Balaban J connectivity index is 2.60. The van der Waals surface area contributed by atoms with Crippen LogP contribution in [0.3, 0.4) is 0 Å². The normalized spacial score (nSPS) is 26.8. The number of rotatable bonds is 0. The van der Waals surface area contributed by atoms with Crippen LogP contribution in [0.4, 0.5) is 0 Å². The largest absolute Gasteiger partial charge is 0.371 e. The molecule has 1 aliphatic rings. The Labute approximate surface area is 71.3 Å². The lowest BCUT2D eigenvalue weighted by Gasteiger charge is -2.26. The Morgan fingerprint density at radius 3 is 2.83 bits per heavy atom. The molecular weight excluding hydrogens is 150 g/mol. The van der Waals surface area contributed by atoms with Crippen molar-refractivity contribution >= 4 is 6.08 Å². The number of hydrogen-bond donors (Lipinski definition) is 2. The molecule has 62 valence electrons. The van der Waals surface area contributed by atoms with E-state index in [1.807, 2.05) is 36.4 Å². The van der Waals surface area contributed by atoms with Crippen molar-refractivity contribution in [1.82, 2.24) is 0 Å². The summed E-state index contributed by atoms with van der Waals surface area (Å²) in [6, 6.07) is 7.63. The van der Waals surface area contributed by atoms with Gasteiger partial charge in [0.1, 0.15) is 5.72 Å². The molecule has 0 fully saturated rings. The lowest BCUT2D eigenvalue weighted by atomic mass is 9.90. The molecule has 0 aromatic heterocycles. The Kier molecular flexibility index (Phi) is 1.53. The third-order valence-electron chi connectivity index (χ3n) is 2.15. The summed E-state index contributed by atoms with van der Waals surface area (Å²) in [5.41, 5.74) is 6.34. The standard InChI is InChI=1S/C10H11NO/c11-10(12)7-3-5-8-4-1-2-6-9(8)10/h1-6,12H,7,11H2/t10-/m1/s1. The predicted molar refractivity (Wildman–Crippen MR) is 48.2 cm³/mol. The first-order valence-electron chi connectivity index (χ1n) is 3.97. The molecule has 0 unspecified atom stereocenters. The van der Waals surface area contributed by atoms with E-state index in [1.54, 1.807) is 0 Å². The van der Waals surface area contributed by atoms with E-state index in [1.165, 1.54) is 0 Å². The molecule has 2 heteroatoms. The van der Waals surface area contributed by atoms with Gasteiger partial charge in [-0.15, -0.1) is 0 Å². The highest BCUT2D eigenvalue weighted by atomic mass is 16.3. The first-order chi connectivity index (χ1) is 5.70. The SMILES string of the molecule is N[C@@]1(O)CC=Cc2ccccc21. The molecule has 0 spiro atoms. The molecule has 3 N–H and O–H groups in total. The Bertz CT molecular complexity index is 328. The van der Waals surface area contributed by atoms with Crippen LogP contribution in [0.15, 0.2) is 30.3 Å². The van der Waals surface area contributed by atoms with Crippen LogP contribution in [-0.4, -0.2) is 5.11 Å². The van der Waals surface area contributed by atoms with E-state index in [-0.39, 0.29) is 0 Å². The van der Waals surface area contributed by atoms with Crippen LogP contribution < -0.4 is 5.73 Å². The van der Waals surface area contributed by atoms with Crippen LogP contribution >= 0.6 is 0 Å². The summed E-state index contributed by atoms with van der Waals surface area (Å²) in [7, 11) is 0. The van der Waals surface area contributed by atoms with Crippen molar-refractivity contribution in [3.63, 3.8) is 0 Å². The third-order valence-corrected chi connectivity index (χ3v) is 2.15. The summed E-state index contributed by atoms with van der Waals surface area (Å²) in [6.07, 6.45) is 4.36. The number of nitrogens with two attached hydrogens (primary N) is 1. The second-order valence-electron chi connectivity index (χ2n) is 3.12. The molecule has 2 rings (SSSR count). The fourth-order valence-corrected chi connectivity index (χ4v) is 1.51. The van der Waals surface area contributed by atoms with Gasteiger partial charge in [0.2, 0.25) is 0 Å². The molecule has 0 saturated heterocycles. The second kappa shape index (κ2) is 2.44. The van der Waals surface area contributed by atoms with Crippen molar-refractivity contribution in [3.05, 3.63) is 41.5 Å². The van der Waals surface area contributed by atoms with E-state index in [2.05, 4.69) is 0 Å². The Morgan fingerprint density at radius 2 is 2.08 bits per heavy atom. The molecule has 0 aliphatic heterocycles. The number of benzene rings is 1. The molecule has 1 aromatic rings. The minimum atomic E-state index is -1.18. The highest BCUT2D eigenvalue weighted by Gasteiger charge is 2.26. The van der Waals surface area contributed by atoms with E-state index >= 15 is 0 Å². The van der Waals surface area contributed by atoms with Gasteiger partial charge in [0, 0.05) is 12.0 Å². The van der Waals surface area contributed by atoms with Crippen molar-refractivity contribution in [2.75, 3.05) is 0 Å². The van der Waals surface area contributed by atoms with E-state index < -0.39 is 5.72 Å². The molecule has 12 heavy (non-hydrogen) atoms. The third kappa shape index (κ3) is 1.05. The quantitative estimate of drug-likeness (QED) is 0.562. The van der Waals surface area contributed by atoms with Crippen LogP contribution in [-0.2, 0) is 5.72 Å². The minimum Gasteiger partial charge on any atom is -0.371 e. The molecule has 0 radical (unpaired) electrons. The molecule has 1 aromatic carbocycles. The Morgan fingerprint density at radius 1 is 1.33 bits per heavy atom. The maximum atomic E-state index is 9.75. The molecule has 0 heterocycles. The molecule has 1 aliphatic carbocycles. The average molecular weight is 161 g/mol. The topological polar surface area (TPSA) is 46.2 Å². The first kappa shape index (κ1) is 7.53. The van der Waals surface area contributed by atoms with Gasteiger partial charge in [-0.25, -0.2) is 0 Å². The minimum absolute atomic E-state index is 0.490. The van der Waals surface area contributed by atoms with Gasteiger partial charge in [-0.1, -0.05) is 36.4 Å². The summed E-state index contributed by atoms with van der Waals surface area (Å²) in [6.45, 7) is 0. The lowest BCUT2D eigenvalue weighted by Crippen LogP contribution is -2.37. The van der Waals surface area contributed by atoms with Gasteiger partial charge in [0.25, 0.3) is 0 Å². The number of aliphatic hydroxyl groups is 1. The summed E-state index contributed by atoms with van der Waals surface area (Å²) in [5, 5.41) is 9.75. The Hall–Kier alpha value is -1.12.